The number of carbonyl (C=O) groups is 2. The van der Waals surface area contributed by atoms with Crippen LogP contribution in [0.15, 0.2) is 18.2 Å². The lowest BCUT2D eigenvalue weighted by molar-refractivity contribution is -0.139. The van der Waals surface area contributed by atoms with Gasteiger partial charge in [-0.2, -0.15) is 0 Å². The minimum Gasteiger partial charge on any atom is -0.496 e. The van der Waals surface area contributed by atoms with Crippen LogP contribution in [0.5, 0.6) is 11.5 Å². The molecule has 3 aliphatic heterocycles. The zero-order valence-corrected chi connectivity index (χ0v) is 18.8. The van der Waals surface area contributed by atoms with Crippen LogP contribution in [-0.2, 0) is 16.0 Å². The summed E-state index contributed by atoms with van der Waals surface area (Å²) in [6.07, 6.45) is 10.6. The number of hydrogen-bond donors (Lipinski definition) is 0. The van der Waals surface area contributed by atoms with Crippen LogP contribution in [0.3, 0.4) is 0 Å². The van der Waals surface area contributed by atoms with Crippen molar-refractivity contribution in [1.29, 1.82) is 0 Å². The van der Waals surface area contributed by atoms with Gasteiger partial charge in [-0.1, -0.05) is 12.8 Å². The average Bonchev–Trinajstić information content (AvgIpc) is 2.97. The van der Waals surface area contributed by atoms with E-state index in [1.54, 1.807) is 13.2 Å². The first-order valence-electron chi connectivity index (χ1n) is 11.7. The molecule has 168 valence electrons. The highest BCUT2D eigenvalue weighted by molar-refractivity contribution is 5.92. The second-order valence-corrected chi connectivity index (χ2v) is 9.01. The fraction of sp³-hybridized carbons (Fsp3) is 0.600. The number of methoxy groups -OCH3 is 1. The smallest absolute Gasteiger partial charge is 0.246 e. The van der Waals surface area contributed by atoms with Crippen LogP contribution < -0.4 is 9.47 Å². The topological polar surface area (TPSA) is 59.1 Å². The van der Waals surface area contributed by atoms with Crippen molar-refractivity contribution in [3.63, 3.8) is 0 Å². The summed E-state index contributed by atoms with van der Waals surface area (Å²) in [6, 6.07) is 3.95. The van der Waals surface area contributed by atoms with Crippen molar-refractivity contribution < 1.29 is 19.1 Å². The molecule has 3 aliphatic rings. The molecule has 0 radical (unpaired) electrons. The van der Waals surface area contributed by atoms with Gasteiger partial charge in [0.05, 0.1) is 7.11 Å². The standard InChI is InChI=1S/C25H34N2O4/c1-18-15-21-17-22(30-2)20(16-23(21)31-18)7-8-24(28)26-13-9-19(10-14-26)25(29)27-11-5-3-4-6-12-27/h7-8,16-19H,3-6,9-15H2,1-2H3/b8-7+. The van der Waals surface area contributed by atoms with Crippen LogP contribution in [0.25, 0.3) is 6.08 Å². The van der Waals surface area contributed by atoms with E-state index < -0.39 is 0 Å². The summed E-state index contributed by atoms with van der Waals surface area (Å²) >= 11 is 0. The Morgan fingerprint density at radius 1 is 1.03 bits per heavy atom. The zero-order chi connectivity index (χ0) is 21.8. The van der Waals surface area contributed by atoms with Crippen molar-refractivity contribution in [2.45, 2.75) is 58.0 Å². The number of nitrogens with zero attached hydrogens (tertiary/aromatic N) is 2. The summed E-state index contributed by atoms with van der Waals surface area (Å²) in [5.41, 5.74) is 1.99. The van der Waals surface area contributed by atoms with Crippen molar-refractivity contribution in [2.24, 2.45) is 5.92 Å². The molecule has 1 aromatic carbocycles. The molecule has 0 spiro atoms. The van der Waals surface area contributed by atoms with Gasteiger partial charge in [-0.05, 0) is 50.8 Å². The molecule has 0 N–H and O–H groups in total. The van der Waals surface area contributed by atoms with Gasteiger partial charge < -0.3 is 19.3 Å². The molecule has 31 heavy (non-hydrogen) atoms. The van der Waals surface area contributed by atoms with E-state index in [1.807, 2.05) is 30.0 Å². The Morgan fingerprint density at radius 2 is 1.74 bits per heavy atom. The first-order valence-corrected chi connectivity index (χ1v) is 11.7. The van der Waals surface area contributed by atoms with Crippen molar-refractivity contribution >= 4 is 17.9 Å². The van der Waals surface area contributed by atoms with E-state index in [1.165, 1.54) is 12.8 Å². The Hall–Kier alpha value is -2.50. The van der Waals surface area contributed by atoms with Gasteiger partial charge in [-0.25, -0.2) is 0 Å². The molecule has 6 heteroatoms. The van der Waals surface area contributed by atoms with Gasteiger partial charge in [0.15, 0.2) is 0 Å². The molecular weight excluding hydrogens is 392 g/mol. The van der Waals surface area contributed by atoms with Gasteiger partial charge in [-0.15, -0.1) is 0 Å². The molecule has 0 aliphatic carbocycles. The number of rotatable bonds is 4. The van der Waals surface area contributed by atoms with Crippen LogP contribution in [0.4, 0.5) is 0 Å². The molecule has 6 nitrogen and oxygen atoms in total. The maximum absolute atomic E-state index is 12.9. The number of carbonyl (C=O) groups excluding carboxylic acids is 2. The third-order valence-corrected chi connectivity index (χ3v) is 6.73. The van der Waals surface area contributed by atoms with Crippen molar-refractivity contribution in [3.8, 4) is 11.5 Å². The molecular formula is C25H34N2O4. The Kier molecular flexibility index (Phi) is 6.83. The number of amides is 2. The molecule has 1 aromatic rings. The first kappa shape index (κ1) is 21.7. The SMILES string of the molecule is COc1cc2c(cc1/C=C/C(=O)N1CCC(C(=O)N3CCCCCC3)CC1)OC(C)C2. The van der Waals surface area contributed by atoms with Crippen LogP contribution in [-0.4, -0.2) is 61.0 Å². The molecule has 1 unspecified atom stereocenters. The fourth-order valence-corrected chi connectivity index (χ4v) is 4.92. The average molecular weight is 427 g/mol. The minimum absolute atomic E-state index is 0.0162. The molecule has 1 atom stereocenters. The predicted molar refractivity (Wildman–Crippen MR) is 120 cm³/mol. The molecule has 0 aromatic heterocycles. The van der Waals surface area contributed by atoms with Crippen LogP contribution in [0, 0.1) is 5.92 Å². The molecule has 0 bridgehead atoms. The monoisotopic (exact) mass is 426 g/mol. The largest absolute Gasteiger partial charge is 0.496 e. The number of fused-ring (bicyclic) bond motifs is 1. The van der Waals surface area contributed by atoms with E-state index in [0.29, 0.717) is 19.0 Å². The predicted octanol–water partition coefficient (Wildman–Crippen LogP) is 3.67. The minimum atomic E-state index is -0.0162. The van der Waals surface area contributed by atoms with Gasteiger partial charge in [0, 0.05) is 55.7 Å². The Morgan fingerprint density at radius 3 is 2.42 bits per heavy atom. The molecule has 2 fully saturated rings. The molecule has 2 saturated heterocycles. The highest BCUT2D eigenvalue weighted by atomic mass is 16.5. The van der Waals surface area contributed by atoms with Crippen molar-refractivity contribution in [1.82, 2.24) is 9.80 Å². The number of likely N-dealkylation sites (tertiary alicyclic amines) is 2. The quantitative estimate of drug-likeness (QED) is 0.690. The molecule has 2 amide bonds. The molecule has 3 heterocycles. The maximum Gasteiger partial charge on any atom is 0.246 e. The summed E-state index contributed by atoms with van der Waals surface area (Å²) < 4.78 is 11.4. The zero-order valence-electron chi connectivity index (χ0n) is 18.8. The van der Waals surface area contributed by atoms with E-state index >= 15 is 0 Å². The van der Waals surface area contributed by atoms with Gasteiger partial charge in [-0.3, -0.25) is 9.59 Å². The highest BCUT2D eigenvalue weighted by Gasteiger charge is 2.30. The van der Waals surface area contributed by atoms with E-state index in [4.69, 9.17) is 9.47 Å². The van der Waals surface area contributed by atoms with Crippen LogP contribution >= 0.6 is 0 Å². The summed E-state index contributed by atoms with van der Waals surface area (Å²) in [5, 5.41) is 0. The van der Waals surface area contributed by atoms with Gasteiger partial charge in [0.25, 0.3) is 0 Å². The Bertz CT molecular complexity index is 834. The molecule has 0 saturated carbocycles. The third-order valence-electron chi connectivity index (χ3n) is 6.73. The van der Waals surface area contributed by atoms with Crippen molar-refractivity contribution in [3.05, 3.63) is 29.3 Å². The second kappa shape index (κ2) is 9.75. The van der Waals surface area contributed by atoms with E-state index in [9.17, 15) is 9.59 Å². The lowest BCUT2D eigenvalue weighted by Crippen LogP contribution is -2.44. The van der Waals surface area contributed by atoms with Crippen LogP contribution in [0.1, 0.15) is 56.6 Å². The maximum atomic E-state index is 12.9. The van der Waals surface area contributed by atoms with Gasteiger partial charge in [0.2, 0.25) is 11.8 Å². The number of hydrogen-bond acceptors (Lipinski definition) is 4. The summed E-state index contributed by atoms with van der Waals surface area (Å²) in [6.45, 7) is 5.11. The van der Waals surface area contributed by atoms with E-state index in [2.05, 4.69) is 4.90 Å². The van der Waals surface area contributed by atoms with Crippen molar-refractivity contribution in [2.75, 3.05) is 33.3 Å². The summed E-state index contributed by atoms with van der Waals surface area (Å²) in [4.78, 5) is 29.5. The summed E-state index contributed by atoms with van der Waals surface area (Å²) in [7, 11) is 1.65. The Balaban J connectivity index is 1.34. The third kappa shape index (κ3) is 5.05. The first-order chi connectivity index (χ1) is 15.0. The second-order valence-electron chi connectivity index (χ2n) is 9.01. The van der Waals surface area contributed by atoms with E-state index in [0.717, 1.165) is 67.8 Å². The Labute approximate surface area is 185 Å². The molecule has 4 rings (SSSR count). The lowest BCUT2D eigenvalue weighted by Gasteiger charge is -2.33. The lowest BCUT2D eigenvalue weighted by atomic mass is 9.95. The number of ether oxygens (including phenoxy) is 2. The van der Waals surface area contributed by atoms with Gasteiger partial charge in [0.1, 0.15) is 17.6 Å². The number of piperidine rings is 1. The summed E-state index contributed by atoms with van der Waals surface area (Å²) in [5.74, 6) is 1.96. The van der Waals surface area contributed by atoms with Crippen LogP contribution in [0.2, 0.25) is 0 Å². The van der Waals surface area contributed by atoms with Gasteiger partial charge >= 0.3 is 0 Å². The fourth-order valence-electron chi connectivity index (χ4n) is 4.92. The van der Waals surface area contributed by atoms with E-state index in [-0.39, 0.29) is 17.9 Å². The number of benzene rings is 1. The highest BCUT2D eigenvalue weighted by Crippen LogP contribution is 2.35. The normalized spacial score (nSPS) is 22.2.